The SMILES string of the molecule is COC(=O)c1ccc([N+](=O)[O-])c(NCCOC(N)=O)c1. The Hall–Kier alpha value is -2.84. The molecule has 1 aromatic carbocycles. The molecule has 0 radical (unpaired) electrons. The highest BCUT2D eigenvalue weighted by Gasteiger charge is 2.16. The van der Waals surface area contributed by atoms with Crippen molar-refractivity contribution in [2.24, 2.45) is 5.73 Å². The van der Waals surface area contributed by atoms with Gasteiger partial charge in [-0.15, -0.1) is 0 Å². The average molecular weight is 283 g/mol. The largest absolute Gasteiger partial charge is 0.465 e. The summed E-state index contributed by atoms with van der Waals surface area (Å²) >= 11 is 0. The van der Waals surface area contributed by atoms with Crippen LogP contribution in [0.15, 0.2) is 18.2 Å². The van der Waals surface area contributed by atoms with Gasteiger partial charge >= 0.3 is 12.1 Å². The Balaban J connectivity index is 2.86. The smallest absolute Gasteiger partial charge is 0.404 e. The summed E-state index contributed by atoms with van der Waals surface area (Å²) in [7, 11) is 1.21. The third-order valence-electron chi connectivity index (χ3n) is 2.28. The average Bonchev–Trinajstić information content (AvgIpc) is 2.42. The maximum absolute atomic E-state index is 11.4. The van der Waals surface area contributed by atoms with E-state index in [0.717, 1.165) is 0 Å². The molecule has 0 heterocycles. The highest BCUT2D eigenvalue weighted by molar-refractivity contribution is 5.91. The zero-order chi connectivity index (χ0) is 15.1. The second kappa shape index (κ2) is 6.92. The van der Waals surface area contributed by atoms with Crippen molar-refractivity contribution in [3.05, 3.63) is 33.9 Å². The van der Waals surface area contributed by atoms with Gasteiger partial charge in [0.25, 0.3) is 5.69 Å². The van der Waals surface area contributed by atoms with E-state index in [1.165, 1.54) is 25.3 Å². The number of hydrogen-bond acceptors (Lipinski definition) is 7. The summed E-state index contributed by atoms with van der Waals surface area (Å²) in [6.45, 7) is 0.0450. The first-order valence-electron chi connectivity index (χ1n) is 5.48. The summed E-state index contributed by atoms with van der Waals surface area (Å²) in [5.74, 6) is -0.615. The van der Waals surface area contributed by atoms with Gasteiger partial charge in [0.15, 0.2) is 0 Å². The minimum absolute atomic E-state index is 0.0606. The Bertz CT molecular complexity index is 531. The first kappa shape index (κ1) is 15.2. The van der Waals surface area contributed by atoms with Crippen molar-refractivity contribution in [1.82, 2.24) is 0 Å². The molecule has 1 aromatic rings. The molecule has 108 valence electrons. The molecule has 0 aliphatic carbocycles. The van der Waals surface area contributed by atoms with Crippen LogP contribution in [0.4, 0.5) is 16.2 Å². The molecule has 9 nitrogen and oxygen atoms in total. The molecule has 0 atom stereocenters. The Labute approximate surface area is 113 Å². The van der Waals surface area contributed by atoms with Crippen molar-refractivity contribution in [2.75, 3.05) is 25.6 Å². The Morgan fingerprint density at radius 1 is 1.45 bits per heavy atom. The number of benzene rings is 1. The molecule has 0 aliphatic rings. The Morgan fingerprint density at radius 2 is 2.15 bits per heavy atom. The van der Waals surface area contributed by atoms with Crippen LogP contribution in [0.1, 0.15) is 10.4 Å². The molecule has 0 unspecified atom stereocenters. The van der Waals surface area contributed by atoms with Gasteiger partial charge in [-0.3, -0.25) is 10.1 Å². The quantitative estimate of drug-likeness (QED) is 0.342. The van der Waals surface area contributed by atoms with Crippen molar-refractivity contribution in [3.63, 3.8) is 0 Å². The first-order valence-corrected chi connectivity index (χ1v) is 5.48. The third kappa shape index (κ3) is 4.12. The van der Waals surface area contributed by atoms with Crippen LogP contribution >= 0.6 is 0 Å². The zero-order valence-electron chi connectivity index (χ0n) is 10.6. The summed E-state index contributed by atoms with van der Waals surface area (Å²) in [5.41, 5.74) is 4.84. The fourth-order valence-corrected chi connectivity index (χ4v) is 1.42. The number of nitro groups is 1. The van der Waals surface area contributed by atoms with Gasteiger partial charge in [0.05, 0.1) is 17.6 Å². The van der Waals surface area contributed by atoms with Crippen molar-refractivity contribution in [1.29, 1.82) is 0 Å². The Kier molecular flexibility index (Phi) is 5.27. The van der Waals surface area contributed by atoms with Crippen LogP contribution in [0, 0.1) is 10.1 Å². The number of carbonyl (C=O) groups excluding carboxylic acids is 2. The van der Waals surface area contributed by atoms with E-state index in [2.05, 4.69) is 14.8 Å². The monoisotopic (exact) mass is 283 g/mol. The van der Waals surface area contributed by atoms with Crippen LogP contribution in [0.5, 0.6) is 0 Å². The second-order valence-corrected chi connectivity index (χ2v) is 3.57. The lowest BCUT2D eigenvalue weighted by Gasteiger charge is -2.08. The van der Waals surface area contributed by atoms with Crippen molar-refractivity contribution < 1.29 is 24.0 Å². The van der Waals surface area contributed by atoms with Crippen molar-refractivity contribution in [2.45, 2.75) is 0 Å². The number of nitrogens with one attached hydrogen (secondary N) is 1. The molecule has 1 amide bonds. The van der Waals surface area contributed by atoms with E-state index in [9.17, 15) is 19.7 Å². The van der Waals surface area contributed by atoms with Crippen LogP contribution in [-0.4, -0.2) is 37.2 Å². The lowest BCUT2D eigenvalue weighted by atomic mass is 10.1. The number of methoxy groups -OCH3 is 1. The number of nitrogens with zero attached hydrogens (tertiary/aromatic N) is 1. The maximum Gasteiger partial charge on any atom is 0.404 e. The van der Waals surface area contributed by atoms with Crippen LogP contribution in [-0.2, 0) is 9.47 Å². The summed E-state index contributed by atoms with van der Waals surface area (Å²) in [6, 6.07) is 3.76. The minimum Gasteiger partial charge on any atom is -0.465 e. The van der Waals surface area contributed by atoms with E-state index in [1.807, 2.05) is 0 Å². The summed E-state index contributed by atoms with van der Waals surface area (Å²) in [4.78, 5) is 32.0. The fourth-order valence-electron chi connectivity index (χ4n) is 1.42. The number of hydrogen-bond donors (Lipinski definition) is 2. The van der Waals surface area contributed by atoms with Crippen LogP contribution in [0.3, 0.4) is 0 Å². The van der Waals surface area contributed by atoms with Gasteiger partial charge in [-0.2, -0.15) is 0 Å². The predicted octanol–water partition coefficient (Wildman–Crippen LogP) is 0.889. The van der Waals surface area contributed by atoms with E-state index >= 15 is 0 Å². The van der Waals surface area contributed by atoms with Gasteiger partial charge in [0.1, 0.15) is 12.3 Å². The van der Waals surface area contributed by atoms with E-state index < -0.39 is 17.0 Å². The fraction of sp³-hybridized carbons (Fsp3) is 0.273. The second-order valence-electron chi connectivity index (χ2n) is 3.57. The molecular weight excluding hydrogens is 270 g/mol. The molecule has 0 saturated heterocycles. The molecule has 0 saturated carbocycles. The van der Waals surface area contributed by atoms with Crippen LogP contribution in [0.25, 0.3) is 0 Å². The molecule has 20 heavy (non-hydrogen) atoms. The van der Waals surface area contributed by atoms with Gasteiger partial charge in [0.2, 0.25) is 0 Å². The van der Waals surface area contributed by atoms with Crippen molar-refractivity contribution >= 4 is 23.4 Å². The lowest BCUT2D eigenvalue weighted by Crippen LogP contribution is -2.18. The summed E-state index contributed by atoms with van der Waals surface area (Å²) in [5, 5.41) is 13.5. The highest BCUT2D eigenvalue weighted by Crippen LogP contribution is 2.25. The molecule has 0 aromatic heterocycles. The number of rotatable bonds is 6. The van der Waals surface area contributed by atoms with E-state index in [-0.39, 0.29) is 30.1 Å². The van der Waals surface area contributed by atoms with Gasteiger partial charge in [0, 0.05) is 12.6 Å². The summed E-state index contributed by atoms with van der Waals surface area (Å²) in [6.07, 6.45) is -0.940. The number of nitro benzene ring substituents is 1. The molecular formula is C11H13N3O6. The maximum atomic E-state index is 11.4. The molecule has 3 N–H and O–H groups in total. The normalized spacial score (nSPS) is 9.65. The molecule has 0 fully saturated rings. The Morgan fingerprint density at radius 3 is 2.70 bits per heavy atom. The molecule has 9 heteroatoms. The number of amides is 1. The van der Waals surface area contributed by atoms with Gasteiger partial charge in [-0.25, -0.2) is 9.59 Å². The molecule has 0 aliphatic heterocycles. The molecule has 1 rings (SSSR count). The van der Waals surface area contributed by atoms with E-state index in [4.69, 9.17) is 5.73 Å². The molecule has 0 bridgehead atoms. The summed E-state index contributed by atoms with van der Waals surface area (Å²) < 4.78 is 9.00. The topological polar surface area (TPSA) is 134 Å². The van der Waals surface area contributed by atoms with Gasteiger partial charge in [-0.05, 0) is 12.1 Å². The minimum atomic E-state index is -0.940. The number of primary amides is 1. The number of esters is 1. The first-order chi connectivity index (χ1) is 9.45. The number of carbonyl (C=O) groups is 2. The standard InChI is InChI=1S/C11H13N3O6/c1-19-10(15)7-2-3-9(14(17)18)8(6-7)13-4-5-20-11(12)16/h2-3,6,13H,4-5H2,1H3,(H2,12,16). The van der Waals surface area contributed by atoms with Crippen LogP contribution in [0.2, 0.25) is 0 Å². The van der Waals surface area contributed by atoms with E-state index in [1.54, 1.807) is 0 Å². The predicted molar refractivity (Wildman–Crippen MR) is 68.5 cm³/mol. The number of nitrogens with two attached hydrogens (primary N) is 1. The highest BCUT2D eigenvalue weighted by atomic mass is 16.6. The lowest BCUT2D eigenvalue weighted by molar-refractivity contribution is -0.384. The van der Waals surface area contributed by atoms with Crippen molar-refractivity contribution in [3.8, 4) is 0 Å². The third-order valence-corrected chi connectivity index (χ3v) is 2.28. The van der Waals surface area contributed by atoms with Gasteiger partial charge in [-0.1, -0.05) is 0 Å². The van der Waals surface area contributed by atoms with E-state index in [0.29, 0.717) is 0 Å². The number of anilines is 1. The van der Waals surface area contributed by atoms with Crippen LogP contribution < -0.4 is 11.1 Å². The molecule has 0 spiro atoms. The zero-order valence-corrected chi connectivity index (χ0v) is 10.6. The number of ether oxygens (including phenoxy) is 2. The van der Waals surface area contributed by atoms with Gasteiger partial charge < -0.3 is 20.5 Å².